The second kappa shape index (κ2) is 27.8. The zero-order chi connectivity index (χ0) is 51.4. The van der Waals surface area contributed by atoms with E-state index >= 15 is 0 Å². The highest BCUT2D eigenvalue weighted by Gasteiger charge is 2.44. The fourth-order valence-electron chi connectivity index (χ4n) is 7.57. The third-order valence-electron chi connectivity index (χ3n) is 11.8. The molecule has 1 heterocycles. The van der Waals surface area contributed by atoms with Crippen molar-refractivity contribution in [2.75, 3.05) is 26.2 Å². The summed E-state index contributed by atoms with van der Waals surface area (Å²) in [4.78, 5) is 145. The Morgan fingerprint density at radius 2 is 1.42 bits per heavy atom. The number of hydrogen-bond donors (Lipinski definition) is 13. The Bertz CT molecular complexity index is 2020. The molecule has 1 aliphatic carbocycles. The first-order chi connectivity index (χ1) is 32.6. The van der Waals surface area contributed by atoms with Gasteiger partial charge in [0.2, 0.25) is 65.0 Å². The van der Waals surface area contributed by atoms with Crippen molar-refractivity contribution in [2.45, 2.75) is 128 Å². The largest absolute Gasteiger partial charge is 0.508 e. The van der Waals surface area contributed by atoms with E-state index in [2.05, 4.69) is 47.9 Å². The van der Waals surface area contributed by atoms with Crippen molar-refractivity contribution in [3.8, 4) is 5.75 Å². The van der Waals surface area contributed by atoms with E-state index in [0.29, 0.717) is 31.2 Å². The molecule has 24 heteroatoms. The lowest BCUT2D eigenvalue weighted by atomic mass is 9.96. The maximum Gasteiger partial charge on any atom is 0.243 e. The first-order valence-electron chi connectivity index (χ1n) is 23.3. The van der Waals surface area contributed by atoms with Crippen LogP contribution in [0.25, 0.3) is 0 Å². The molecule has 1 saturated heterocycles. The first-order valence-corrected chi connectivity index (χ1v) is 23.3. The molecule has 11 amide bonds. The van der Waals surface area contributed by atoms with Gasteiger partial charge in [-0.25, -0.2) is 0 Å². The summed E-state index contributed by atoms with van der Waals surface area (Å²) in [6.45, 7) is 6.31. The number of phenolic OH excluding ortho intramolecular Hbond substituents is 1. The molecule has 24 nitrogen and oxygen atoms in total. The van der Waals surface area contributed by atoms with Gasteiger partial charge in [-0.3, -0.25) is 52.7 Å². The monoisotopic (exact) mass is 971 g/mol. The van der Waals surface area contributed by atoms with Gasteiger partial charge < -0.3 is 70.2 Å². The molecule has 1 aromatic rings. The summed E-state index contributed by atoms with van der Waals surface area (Å²) in [5.74, 6) is -9.63. The number of amides is 11. The Morgan fingerprint density at radius 1 is 0.768 bits per heavy atom. The van der Waals surface area contributed by atoms with Crippen LogP contribution in [-0.2, 0) is 59.2 Å². The van der Waals surface area contributed by atoms with Crippen molar-refractivity contribution in [3.05, 3.63) is 29.8 Å². The van der Waals surface area contributed by atoms with Gasteiger partial charge >= 0.3 is 0 Å². The number of rotatable bonds is 20. The van der Waals surface area contributed by atoms with Crippen molar-refractivity contribution in [2.24, 2.45) is 40.9 Å². The lowest BCUT2D eigenvalue weighted by Crippen LogP contribution is -2.61. The molecule has 9 unspecified atom stereocenters. The van der Waals surface area contributed by atoms with Crippen LogP contribution in [0.1, 0.15) is 91.0 Å². The molecule has 9 atom stereocenters. The summed E-state index contributed by atoms with van der Waals surface area (Å²) in [6.07, 6.45) is 0.0443. The molecule has 16 N–H and O–H groups in total. The van der Waals surface area contributed by atoms with Crippen LogP contribution in [0.15, 0.2) is 24.3 Å². The van der Waals surface area contributed by atoms with E-state index < -0.39 is 133 Å². The Hall–Kier alpha value is -6.85. The number of carbonyl (C=O) groups excluding carboxylic acids is 11. The second-order valence-electron chi connectivity index (χ2n) is 18.0. The van der Waals surface area contributed by atoms with E-state index in [-0.39, 0.29) is 62.3 Å². The van der Waals surface area contributed by atoms with Gasteiger partial charge in [0.25, 0.3) is 0 Å². The maximum absolute atomic E-state index is 14.0. The Labute approximate surface area is 400 Å². The predicted octanol–water partition coefficient (Wildman–Crippen LogP) is -3.80. The van der Waals surface area contributed by atoms with Crippen LogP contribution in [0, 0.1) is 23.7 Å². The standard InChI is InChI=1S/C45H70N12O12/c1-5-24(4)38-45(69)54-29(7-6-15-46)42(66)56-33(20-34(47)59)43(67)53-30(12-13-36(61)50-22-37(62)52-32(44(68)57-38)18-25-8-10-27(58)11-9-25)40(64)49-16-14-26-19-28(26)39(63)55-31(17-23(2)3)41(65)51-21-35(48)60/h8-11,23-24,26,28-33,38,58H,5-7,12-22,46H2,1-4H3,(H2,47,59)(H2,48,60)(H,49,64)(H,50,61)(H,51,65)(H,52,62)(H,53,67)(H,54,69)(H,55,63)(H,56,66)(H,57,68). The SMILES string of the molecule is CCC(C)C1NC(=O)C(Cc2ccc(O)cc2)NC(=O)CNC(=O)CCC(C(=O)NCCC2CC2C(=O)NC(CC(C)C)C(=O)NCC(N)=O)NC(=O)C(CC(N)=O)NC(=O)C(CCCN)NC1=O. The molecular formula is C45H70N12O12. The molecule has 1 aliphatic heterocycles. The number of aromatic hydroxyl groups is 1. The molecular weight excluding hydrogens is 901 g/mol. The third-order valence-corrected chi connectivity index (χ3v) is 11.8. The van der Waals surface area contributed by atoms with Gasteiger partial charge in [0.15, 0.2) is 0 Å². The van der Waals surface area contributed by atoms with E-state index in [0.717, 1.165) is 0 Å². The van der Waals surface area contributed by atoms with Crippen molar-refractivity contribution in [1.29, 1.82) is 0 Å². The van der Waals surface area contributed by atoms with Gasteiger partial charge in [0, 0.05) is 25.3 Å². The van der Waals surface area contributed by atoms with E-state index in [1.54, 1.807) is 13.8 Å². The van der Waals surface area contributed by atoms with Gasteiger partial charge in [-0.05, 0) is 80.5 Å². The average molecular weight is 971 g/mol. The molecule has 3 rings (SSSR count). The van der Waals surface area contributed by atoms with Crippen LogP contribution in [0.3, 0.4) is 0 Å². The number of nitrogens with two attached hydrogens (primary N) is 3. The zero-order valence-corrected chi connectivity index (χ0v) is 39.7. The minimum Gasteiger partial charge on any atom is -0.508 e. The molecule has 382 valence electrons. The smallest absolute Gasteiger partial charge is 0.243 e. The van der Waals surface area contributed by atoms with E-state index in [4.69, 9.17) is 17.2 Å². The fraction of sp³-hybridized carbons (Fsp3) is 0.622. The molecule has 0 radical (unpaired) electrons. The minimum atomic E-state index is -1.67. The van der Waals surface area contributed by atoms with Crippen LogP contribution >= 0.6 is 0 Å². The maximum atomic E-state index is 14.0. The summed E-state index contributed by atoms with van der Waals surface area (Å²) in [5.41, 5.74) is 16.9. The van der Waals surface area contributed by atoms with Crippen LogP contribution < -0.4 is 65.1 Å². The molecule has 2 aliphatic rings. The van der Waals surface area contributed by atoms with Gasteiger partial charge in [-0.2, -0.15) is 0 Å². The normalized spacial score (nSPS) is 23.8. The van der Waals surface area contributed by atoms with E-state index in [9.17, 15) is 57.8 Å². The number of benzene rings is 1. The van der Waals surface area contributed by atoms with Gasteiger partial charge in [0.1, 0.15) is 42.0 Å². The lowest BCUT2D eigenvalue weighted by molar-refractivity contribution is -0.136. The van der Waals surface area contributed by atoms with Crippen LogP contribution in [0.4, 0.5) is 0 Å². The first kappa shape index (κ1) is 56.5. The van der Waals surface area contributed by atoms with Gasteiger partial charge in [-0.15, -0.1) is 0 Å². The Morgan fingerprint density at radius 3 is 2.04 bits per heavy atom. The van der Waals surface area contributed by atoms with Crippen LogP contribution in [0.5, 0.6) is 5.75 Å². The summed E-state index contributed by atoms with van der Waals surface area (Å²) in [6, 6.07) is -2.05. The van der Waals surface area contributed by atoms with E-state index in [1.165, 1.54) is 24.3 Å². The number of nitrogens with one attached hydrogen (secondary N) is 9. The highest BCUT2D eigenvalue weighted by atomic mass is 16.3. The number of carbonyl (C=O) groups is 11. The molecule has 2 fully saturated rings. The predicted molar refractivity (Wildman–Crippen MR) is 248 cm³/mol. The molecule has 0 bridgehead atoms. The quantitative estimate of drug-likeness (QED) is 0.0597. The number of primary amides is 2. The molecule has 69 heavy (non-hydrogen) atoms. The third kappa shape index (κ3) is 19.7. The number of hydrogen-bond acceptors (Lipinski definition) is 13. The molecule has 0 aromatic heterocycles. The van der Waals surface area contributed by atoms with Crippen LogP contribution in [0.2, 0.25) is 0 Å². The minimum absolute atomic E-state index is 0.0149. The van der Waals surface area contributed by atoms with Crippen molar-refractivity contribution in [1.82, 2.24) is 47.9 Å². The lowest BCUT2D eigenvalue weighted by Gasteiger charge is -2.29. The molecule has 1 saturated carbocycles. The zero-order valence-electron chi connectivity index (χ0n) is 39.7. The summed E-state index contributed by atoms with van der Waals surface area (Å²) >= 11 is 0. The van der Waals surface area contributed by atoms with Gasteiger partial charge in [-0.1, -0.05) is 46.2 Å². The summed E-state index contributed by atoms with van der Waals surface area (Å²) < 4.78 is 0. The highest BCUT2D eigenvalue weighted by Crippen LogP contribution is 2.41. The second-order valence-corrected chi connectivity index (χ2v) is 18.0. The molecule has 1 aromatic carbocycles. The Balaban J connectivity index is 1.86. The fourth-order valence-corrected chi connectivity index (χ4v) is 7.57. The van der Waals surface area contributed by atoms with E-state index in [1.807, 2.05) is 13.8 Å². The van der Waals surface area contributed by atoms with Crippen LogP contribution in [-0.4, -0.2) is 133 Å². The van der Waals surface area contributed by atoms with Crippen molar-refractivity contribution in [3.63, 3.8) is 0 Å². The van der Waals surface area contributed by atoms with Crippen molar-refractivity contribution < 1.29 is 57.8 Å². The summed E-state index contributed by atoms with van der Waals surface area (Å²) in [5, 5.41) is 32.9. The number of phenols is 1. The summed E-state index contributed by atoms with van der Waals surface area (Å²) in [7, 11) is 0. The Kier molecular flexibility index (Phi) is 22.8. The average Bonchev–Trinajstić information content (AvgIpc) is 4.07. The molecule has 0 spiro atoms. The van der Waals surface area contributed by atoms with Gasteiger partial charge in [0.05, 0.1) is 19.5 Å². The topological polar surface area (TPSA) is 394 Å². The highest BCUT2D eigenvalue weighted by molar-refractivity contribution is 5.98. The van der Waals surface area contributed by atoms with Crippen molar-refractivity contribution >= 4 is 65.0 Å².